The summed E-state index contributed by atoms with van der Waals surface area (Å²) in [5.74, 6) is 2.16. The Kier molecular flexibility index (Phi) is 3.93. The van der Waals surface area contributed by atoms with E-state index in [0.717, 1.165) is 30.1 Å². The van der Waals surface area contributed by atoms with Crippen molar-refractivity contribution in [3.63, 3.8) is 0 Å². The van der Waals surface area contributed by atoms with Crippen LogP contribution in [-0.2, 0) is 4.84 Å². The molecule has 0 saturated carbocycles. The molecule has 0 atom stereocenters. The molecule has 0 aliphatic carbocycles. The first-order chi connectivity index (χ1) is 5.83. The second-order valence-electron chi connectivity index (χ2n) is 2.40. The van der Waals surface area contributed by atoms with Crippen LogP contribution < -0.4 is 5.32 Å². The van der Waals surface area contributed by atoms with E-state index >= 15 is 0 Å². The fourth-order valence-electron chi connectivity index (χ4n) is 0.850. The third-order valence-corrected chi connectivity index (χ3v) is 2.52. The van der Waals surface area contributed by atoms with Crippen LogP contribution in [0.15, 0.2) is 5.16 Å². The van der Waals surface area contributed by atoms with Crippen molar-refractivity contribution in [1.82, 2.24) is 5.32 Å². The molecule has 1 N–H and O–H groups in total. The lowest BCUT2D eigenvalue weighted by molar-refractivity contribution is 0.152. The van der Waals surface area contributed by atoms with Gasteiger partial charge < -0.3 is 5.32 Å². The van der Waals surface area contributed by atoms with Gasteiger partial charge in [-0.3, -0.25) is 4.84 Å². The Morgan fingerprint density at radius 1 is 1.58 bits per heavy atom. The average molecular weight is 188 g/mol. The molecule has 5 heteroatoms. The van der Waals surface area contributed by atoms with E-state index in [9.17, 15) is 4.79 Å². The highest BCUT2D eigenvalue weighted by molar-refractivity contribution is 7.99. The van der Waals surface area contributed by atoms with E-state index in [0.29, 0.717) is 0 Å². The van der Waals surface area contributed by atoms with Gasteiger partial charge in [-0.25, -0.2) is 4.79 Å². The fraction of sp³-hybridized carbons (Fsp3) is 0.714. The van der Waals surface area contributed by atoms with E-state index in [1.807, 2.05) is 11.8 Å². The maximum atomic E-state index is 10.6. The number of nitrogens with one attached hydrogen (secondary N) is 1. The normalized spacial score (nSPS) is 16.9. The van der Waals surface area contributed by atoms with Gasteiger partial charge in [-0.2, -0.15) is 11.8 Å². The first-order valence-electron chi connectivity index (χ1n) is 3.85. The van der Waals surface area contributed by atoms with Crippen molar-refractivity contribution < 1.29 is 9.63 Å². The van der Waals surface area contributed by atoms with Gasteiger partial charge in [-0.15, -0.1) is 0 Å². The lowest BCUT2D eigenvalue weighted by atomic mass is 10.2. The fourth-order valence-corrected chi connectivity index (χ4v) is 1.81. The Labute approximate surface area is 75.7 Å². The van der Waals surface area contributed by atoms with Crippen molar-refractivity contribution in [2.24, 2.45) is 5.16 Å². The van der Waals surface area contributed by atoms with Gasteiger partial charge in [0, 0.05) is 7.05 Å². The molecule has 12 heavy (non-hydrogen) atoms. The zero-order valence-electron chi connectivity index (χ0n) is 7.00. The number of rotatable bonds is 1. The summed E-state index contributed by atoms with van der Waals surface area (Å²) in [6, 6.07) is 0. The Balaban J connectivity index is 2.29. The van der Waals surface area contributed by atoms with E-state index in [1.165, 1.54) is 7.05 Å². The van der Waals surface area contributed by atoms with Crippen LogP contribution >= 0.6 is 11.8 Å². The van der Waals surface area contributed by atoms with E-state index in [-0.39, 0.29) is 0 Å². The summed E-state index contributed by atoms with van der Waals surface area (Å²) in [7, 11) is 1.51. The molecule has 0 aromatic heterocycles. The number of carbonyl (C=O) groups is 1. The van der Waals surface area contributed by atoms with Gasteiger partial charge in [-0.1, -0.05) is 5.16 Å². The lowest BCUT2D eigenvalue weighted by Crippen LogP contribution is -2.18. The predicted octanol–water partition coefficient (Wildman–Crippen LogP) is 1.23. The number of thioether (sulfide) groups is 1. The van der Waals surface area contributed by atoms with Crippen molar-refractivity contribution in [2.45, 2.75) is 12.8 Å². The van der Waals surface area contributed by atoms with Crippen LogP contribution in [0.4, 0.5) is 4.79 Å². The number of hydrogen-bond acceptors (Lipinski definition) is 4. The van der Waals surface area contributed by atoms with Crippen LogP contribution in [0.5, 0.6) is 0 Å². The van der Waals surface area contributed by atoms with Gasteiger partial charge in [0.25, 0.3) is 0 Å². The van der Waals surface area contributed by atoms with Crippen LogP contribution in [0.3, 0.4) is 0 Å². The van der Waals surface area contributed by atoms with Gasteiger partial charge in [0.05, 0.1) is 5.71 Å². The lowest BCUT2D eigenvalue weighted by Gasteiger charge is -2.10. The molecule has 1 fully saturated rings. The van der Waals surface area contributed by atoms with Crippen LogP contribution in [0, 0.1) is 0 Å². The smallest absolute Gasteiger partial charge is 0.323 e. The zero-order valence-corrected chi connectivity index (χ0v) is 7.82. The van der Waals surface area contributed by atoms with Crippen molar-refractivity contribution in [3.8, 4) is 0 Å². The molecule has 0 bridgehead atoms. The maximum absolute atomic E-state index is 10.6. The summed E-state index contributed by atoms with van der Waals surface area (Å²) >= 11 is 1.90. The summed E-state index contributed by atoms with van der Waals surface area (Å²) in [6.45, 7) is 0. The van der Waals surface area contributed by atoms with Crippen LogP contribution in [0.1, 0.15) is 12.8 Å². The van der Waals surface area contributed by atoms with Crippen LogP contribution in [-0.4, -0.2) is 30.4 Å². The molecule has 68 valence electrons. The Hall–Kier alpha value is -0.710. The zero-order chi connectivity index (χ0) is 8.81. The SMILES string of the molecule is CNC(=O)ON=C1CCSCC1. The largest absolute Gasteiger partial charge is 0.433 e. The molecule has 0 aromatic carbocycles. The van der Waals surface area contributed by atoms with E-state index in [1.54, 1.807) is 0 Å². The first kappa shape index (κ1) is 9.38. The maximum Gasteiger partial charge on any atom is 0.433 e. The second-order valence-corrected chi connectivity index (χ2v) is 3.62. The Bertz CT molecular complexity index is 186. The standard InChI is InChI=1S/C7H12N2O2S/c1-8-7(10)11-9-6-2-4-12-5-3-6/h2-5H2,1H3,(H,8,10). The van der Waals surface area contributed by atoms with Gasteiger partial charge in [0.1, 0.15) is 0 Å². The molecule has 1 heterocycles. The highest BCUT2D eigenvalue weighted by atomic mass is 32.2. The summed E-state index contributed by atoms with van der Waals surface area (Å²) in [5.41, 5.74) is 0.984. The van der Waals surface area contributed by atoms with Crippen molar-refractivity contribution in [1.29, 1.82) is 0 Å². The third-order valence-electron chi connectivity index (χ3n) is 1.53. The topological polar surface area (TPSA) is 50.7 Å². The molecule has 0 spiro atoms. The molecular formula is C7H12N2O2S. The van der Waals surface area contributed by atoms with Gasteiger partial charge in [0.2, 0.25) is 0 Å². The number of amides is 1. The number of carbonyl (C=O) groups excluding carboxylic acids is 1. The molecule has 1 aliphatic heterocycles. The number of hydrogen-bond donors (Lipinski definition) is 1. The molecule has 0 unspecified atom stereocenters. The van der Waals surface area contributed by atoms with E-state index in [4.69, 9.17) is 0 Å². The van der Waals surface area contributed by atoms with Crippen LogP contribution in [0.2, 0.25) is 0 Å². The Morgan fingerprint density at radius 3 is 2.83 bits per heavy atom. The summed E-state index contributed by atoms with van der Waals surface area (Å²) < 4.78 is 0. The molecule has 1 aliphatic rings. The van der Waals surface area contributed by atoms with Crippen molar-refractivity contribution >= 4 is 23.6 Å². The molecule has 0 aromatic rings. The average Bonchev–Trinajstić information content (AvgIpc) is 2.16. The minimum absolute atomic E-state index is 0.499. The third kappa shape index (κ3) is 3.13. The second kappa shape index (κ2) is 5.03. The first-order valence-corrected chi connectivity index (χ1v) is 5.00. The minimum atomic E-state index is -0.499. The number of nitrogens with zero attached hydrogens (tertiary/aromatic N) is 1. The molecule has 1 saturated heterocycles. The molecule has 0 radical (unpaired) electrons. The Morgan fingerprint density at radius 2 is 2.25 bits per heavy atom. The minimum Gasteiger partial charge on any atom is -0.323 e. The van der Waals surface area contributed by atoms with Gasteiger partial charge in [-0.05, 0) is 24.3 Å². The van der Waals surface area contributed by atoms with Crippen molar-refractivity contribution in [3.05, 3.63) is 0 Å². The highest BCUT2D eigenvalue weighted by Gasteiger charge is 2.08. The molecule has 1 rings (SSSR count). The monoisotopic (exact) mass is 188 g/mol. The summed E-state index contributed by atoms with van der Waals surface area (Å²) in [5, 5.41) is 6.08. The quantitative estimate of drug-likeness (QED) is 0.497. The predicted molar refractivity (Wildman–Crippen MR) is 49.5 cm³/mol. The molecular weight excluding hydrogens is 176 g/mol. The highest BCUT2D eigenvalue weighted by Crippen LogP contribution is 2.14. The summed E-state index contributed by atoms with van der Waals surface area (Å²) in [6.07, 6.45) is 1.37. The summed E-state index contributed by atoms with van der Waals surface area (Å²) in [4.78, 5) is 15.2. The van der Waals surface area contributed by atoms with E-state index in [2.05, 4.69) is 15.3 Å². The van der Waals surface area contributed by atoms with Gasteiger partial charge in [0.15, 0.2) is 0 Å². The van der Waals surface area contributed by atoms with Gasteiger partial charge >= 0.3 is 6.09 Å². The molecule has 4 nitrogen and oxygen atoms in total. The van der Waals surface area contributed by atoms with Crippen molar-refractivity contribution in [2.75, 3.05) is 18.6 Å². The molecule has 1 amide bonds. The number of oxime groups is 1. The van der Waals surface area contributed by atoms with Crippen LogP contribution in [0.25, 0.3) is 0 Å². The van der Waals surface area contributed by atoms with E-state index < -0.39 is 6.09 Å².